The van der Waals surface area contributed by atoms with E-state index in [0.717, 1.165) is 67.0 Å². The Kier molecular flexibility index (Phi) is 11.8. The number of aliphatic carboxylic acids is 1. The molecule has 0 saturated heterocycles. The molecular weight excluding hydrogens is 634 g/mol. The number of amides is 1. The summed E-state index contributed by atoms with van der Waals surface area (Å²) in [6.45, 7) is 9.22. The van der Waals surface area contributed by atoms with Crippen molar-refractivity contribution in [2.75, 3.05) is 0 Å². The van der Waals surface area contributed by atoms with Crippen molar-refractivity contribution < 1.29 is 29.0 Å². The van der Waals surface area contributed by atoms with Crippen molar-refractivity contribution in [2.24, 2.45) is 46.3 Å². The molecule has 7 nitrogen and oxygen atoms in total. The van der Waals surface area contributed by atoms with E-state index in [1.54, 1.807) is 0 Å². The van der Waals surface area contributed by atoms with Crippen molar-refractivity contribution in [1.29, 1.82) is 0 Å². The van der Waals surface area contributed by atoms with E-state index in [1.807, 2.05) is 12.1 Å². The first-order valence-corrected chi connectivity index (χ1v) is 19.5. The number of fused-ring (bicyclic) bond motifs is 5. The Bertz CT molecular complexity index is 1300. The van der Waals surface area contributed by atoms with Gasteiger partial charge in [0.2, 0.25) is 5.91 Å². The molecule has 4 aliphatic carbocycles. The molecule has 5 rings (SSSR count). The smallest absolute Gasteiger partial charge is 0.306 e. The predicted molar refractivity (Wildman–Crippen MR) is 185 cm³/mol. The summed E-state index contributed by atoms with van der Waals surface area (Å²) in [7, 11) is 0. The third-order valence-corrected chi connectivity index (χ3v) is 14.6. The van der Waals surface area contributed by atoms with Crippen molar-refractivity contribution in [3.05, 3.63) is 21.3 Å². The number of ketones is 1. The fourth-order valence-corrected chi connectivity index (χ4v) is 12.0. The van der Waals surface area contributed by atoms with Gasteiger partial charge in [-0.05, 0) is 110 Å². The lowest BCUT2D eigenvalue weighted by Gasteiger charge is -2.62. The minimum atomic E-state index is -0.777. The van der Waals surface area contributed by atoms with E-state index in [1.165, 1.54) is 11.3 Å². The van der Waals surface area contributed by atoms with E-state index in [9.17, 15) is 19.2 Å². The van der Waals surface area contributed by atoms with Crippen LogP contribution in [-0.2, 0) is 23.9 Å². The highest BCUT2D eigenvalue weighted by atomic mass is 35.5. The van der Waals surface area contributed by atoms with Gasteiger partial charge >= 0.3 is 11.9 Å². The van der Waals surface area contributed by atoms with Gasteiger partial charge in [0.15, 0.2) is 0 Å². The normalized spacial score (nSPS) is 34.4. The van der Waals surface area contributed by atoms with E-state index in [-0.39, 0.29) is 59.0 Å². The van der Waals surface area contributed by atoms with Crippen LogP contribution in [0.3, 0.4) is 0 Å². The third-order valence-electron chi connectivity index (χ3n) is 13.2. The molecule has 2 N–H and O–H groups in total. The molecule has 10 atom stereocenters. The second kappa shape index (κ2) is 15.3. The number of hydrogen-bond donors (Lipinski definition) is 2. The Morgan fingerprint density at radius 3 is 2.45 bits per heavy atom. The number of carboxylic acid groups (broad SMARTS) is 1. The zero-order valence-electron chi connectivity index (χ0n) is 28.9. The van der Waals surface area contributed by atoms with Gasteiger partial charge in [0, 0.05) is 42.9 Å². The summed E-state index contributed by atoms with van der Waals surface area (Å²) >= 11 is 7.71. The van der Waals surface area contributed by atoms with Crippen molar-refractivity contribution >= 4 is 46.6 Å². The standard InChI is InChI=1S/C38H56ClNO6S/c1-5-29(31-14-15-32(39)47-31)40-33(42)20-23(2)26-12-13-27-36-28(17-19-38(26,27)4)37(3)18-16-25(41)21-24(37)22-30(36)46-35(45)11-9-7-6-8-10-34(43)44/h14-15,23-24,26-30,36H,5-13,16-22H2,1-4H3,(H,40,42)(H,43,44)/t23-,24+,26?,27+,28+,29-,30-,36+,37+,38-/m1/s1. The van der Waals surface area contributed by atoms with E-state index >= 15 is 0 Å². The van der Waals surface area contributed by atoms with Gasteiger partial charge in [0.1, 0.15) is 11.9 Å². The number of carbonyl (C=O) groups excluding carboxylic acids is 3. The van der Waals surface area contributed by atoms with Crippen LogP contribution in [0.15, 0.2) is 12.1 Å². The lowest BCUT2D eigenvalue weighted by molar-refractivity contribution is -0.191. The summed E-state index contributed by atoms with van der Waals surface area (Å²) in [5.41, 5.74) is 0.172. The number of carbonyl (C=O) groups is 4. The van der Waals surface area contributed by atoms with E-state index in [2.05, 4.69) is 33.0 Å². The topological polar surface area (TPSA) is 110 Å². The van der Waals surface area contributed by atoms with Crippen molar-refractivity contribution in [3.8, 4) is 0 Å². The number of halogens is 1. The predicted octanol–water partition coefficient (Wildman–Crippen LogP) is 9.17. The van der Waals surface area contributed by atoms with Crippen LogP contribution < -0.4 is 5.32 Å². The molecule has 0 bridgehead atoms. The van der Waals surface area contributed by atoms with Crippen LogP contribution in [0.25, 0.3) is 0 Å². The maximum atomic E-state index is 13.4. The molecule has 0 aliphatic heterocycles. The lowest BCUT2D eigenvalue weighted by atomic mass is 9.43. The van der Waals surface area contributed by atoms with Gasteiger partial charge in [-0.2, -0.15) is 0 Å². The molecule has 262 valence electrons. The van der Waals surface area contributed by atoms with Crippen LogP contribution in [0.4, 0.5) is 0 Å². The Hall–Kier alpha value is -1.93. The average Bonchev–Trinajstić information content (AvgIpc) is 3.61. The molecule has 4 fully saturated rings. The maximum absolute atomic E-state index is 13.4. The number of thiophene rings is 1. The molecule has 0 radical (unpaired) electrons. The fraction of sp³-hybridized carbons (Fsp3) is 0.789. The molecule has 1 aromatic heterocycles. The molecule has 1 heterocycles. The molecule has 4 saturated carbocycles. The third kappa shape index (κ3) is 7.95. The highest BCUT2D eigenvalue weighted by molar-refractivity contribution is 7.16. The fourth-order valence-electron chi connectivity index (χ4n) is 10.8. The van der Waals surface area contributed by atoms with Crippen LogP contribution in [0.2, 0.25) is 4.34 Å². The molecular formula is C38H56ClNO6S. The van der Waals surface area contributed by atoms with Gasteiger partial charge < -0.3 is 15.2 Å². The summed E-state index contributed by atoms with van der Waals surface area (Å²) in [6, 6.07) is 3.88. The quantitative estimate of drug-likeness (QED) is 0.149. The van der Waals surface area contributed by atoms with Crippen LogP contribution in [0, 0.1) is 46.3 Å². The van der Waals surface area contributed by atoms with Gasteiger partial charge in [-0.25, -0.2) is 0 Å². The van der Waals surface area contributed by atoms with Crippen LogP contribution >= 0.6 is 22.9 Å². The van der Waals surface area contributed by atoms with Gasteiger partial charge in [-0.3, -0.25) is 19.2 Å². The molecule has 0 spiro atoms. The van der Waals surface area contributed by atoms with E-state index < -0.39 is 5.97 Å². The van der Waals surface area contributed by atoms with Crippen molar-refractivity contribution in [1.82, 2.24) is 5.32 Å². The first-order chi connectivity index (χ1) is 22.4. The number of hydrogen-bond acceptors (Lipinski definition) is 6. The zero-order chi connectivity index (χ0) is 33.9. The number of nitrogens with one attached hydrogen (secondary N) is 1. The van der Waals surface area contributed by atoms with E-state index in [0.29, 0.717) is 62.1 Å². The summed E-state index contributed by atoms with van der Waals surface area (Å²) in [6.07, 6.45) is 12.0. The van der Waals surface area contributed by atoms with Gasteiger partial charge in [0.25, 0.3) is 0 Å². The van der Waals surface area contributed by atoms with Crippen molar-refractivity contribution in [3.63, 3.8) is 0 Å². The second-order valence-electron chi connectivity index (χ2n) is 15.9. The molecule has 4 aliphatic rings. The zero-order valence-corrected chi connectivity index (χ0v) is 30.4. The Labute approximate surface area is 290 Å². The minimum Gasteiger partial charge on any atom is -0.481 e. The molecule has 9 heteroatoms. The number of Topliss-reactive ketones (excluding diaryl/α,β-unsaturated/α-hetero) is 1. The van der Waals surface area contributed by atoms with Crippen LogP contribution in [-0.4, -0.2) is 34.8 Å². The number of ether oxygens (including phenoxy) is 1. The number of esters is 1. The highest BCUT2D eigenvalue weighted by Crippen LogP contribution is 2.68. The number of carboxylic acids is 1. The number of unbranched alkanes of at least 4 members (excludes halogenated alkanes) is 3. The lowest BCUT2D eigenvalue weighted by Crippen LogP contribution is -2.59. The maximum Gasteiger partial charge on any atom is 0.306 e. The monoisotopic (exact) mass is 689 g/mol. The van der Waals surface area contributed by atoms with Crippen molar-refractivity contribution in [2.45, 2.75) is 143 Å². The molecule has 1 amide bonds. The van der Waals surface area contributed by atoms with Gasteiger partial charge in [-0.15, -0.1) is 11.3 Å². The average molecular weight is 690 g/mol. The van der Waals surface area contributed by atoms with Crippen LogP contribution in [0.1, 0.15) is 141 Å². The second-order valence-corrected chi connectivity index (χ2v) is 17.6. The Morgan fingerprint density at radius 1 is 1.04 bits per heavy atom. The Morgan fingerprint density at radius 2 is 1.77 bits per heavy atom. The first kappa shape index (κ1) is 36.4. The molecule has 0 aromatic carbocycles. The largest absolute Gasteiger partial charge is 0.481 e. The molecule has 1 aromatic rings. The van der Waals surface area contributed by atoms with Crippen LogP contribution in [0.5, 0.6) is 0 Å². The summed E-state index contributed by atoms with van der Waals surface area (Å²) < 4.78 is 7.17. The molecule has 47 heavy (non-hydrogen) atoms. The van der Waals surface area contributed by atoms with Gasteiger partial charge in [-0.1, -0.05) is 52.1 Å². The van der Waals surface area contributed by atoms with E-state index in [4.69, 9.17) is 21.4 Å². The summed E-state index contributed by atoms with van der Waals surface area (Å²) in [5, 5.41) is 12.2. The number of rotatable bonds is 14. The van der Waals surface area contributed by atoms with Gasteiger partial charge in [0.05, 0.1) is 10.4 Å². The molecule has 1 unspecified atom stereocenters. The summed E-state index contributed by atoms with van der Waals surface area (Å²) in [4.78, 5) is 51.2. The Balaban J connectivity index is 1.27. The highest BCUT2D eigenvalue weighted by Gasteiger charge is 2.64. The minimum absolute atomic E-state index is 0.0203. The summed E-state index contributed by atoms with van der Waals surface area (Å²) in [5.74, 6) is 1.59. The SMILES string of the molecule is CC[C@@H](NC(=O)C[C@@H](C)C1CC[C@H]2[C@@H]3[C@H](OC(=O)CCCCCCC(=O)O)C[C@@H]4CC(=O)CC[C@]4(C)[C@H]3CC[C@]12C)c1ccc(Cl)s1. The first-order valence-electron chi connectivity index (χ1n) is 18.3.